The quantitative estimate of drug-likeness (QED) is 0.729. The van der Waals surface area contributed by atoms with Crippen molar-refractivity contribution in [2.24, 2.45) is 0 Å². The highest BCUT2D eigenvalue weighted by Crippen LogP contribution is 2.23. The Morgan fingerprint density at radius 2 is 2.33 bits per heavy atom. The predicted octanol–water partition coefficient (Wildman–Crippen LogP) is 0.623. The van der Waals surface area contributed by atoms with Crippen molar-refractivity contribution in [2.45, 2.75) is 32.3 Å². The second-order valence-corrected chi connectivity index (χ2v) is 4.41. The summed E-state index contributed by atoms with van der Waals surface area (Å²) in [6.45, 7) is 6.84. The lowest BCUT2D eigenvalue weighted by Gasteiger charge is -2.24. The first-order valence-corrected chi connectivity index (χ1v) is 5.66. The lowest BCUT2D eigenvalue weighted by Crippen LogP contribution is -2.42. The zero-order valence-electron chi connectivity index (χ0n) is 10.0. The summed E-state index contributed by atoms with van der Waals surface area (Å²) in [6, 6.07) is 0. The van der Waals surface area contributed by atoms with Crippen LogP contribution in [-0.2, 0) is 9.53 Å². The molecule has 0 aromatic carbocycles. The Kier molecular flexibility index (Phi) is 4.54. The van der Waals surface area contributed by atoms with Gasteiger partial charge in [-0.1, -0.05) is 0 Å². The number of rotatable bonds is 5. The highest BCUT2D eigenvalue weighted by molar-refractivity contribution is 5.77. The number of carbonyl (C=O) groups excluding carboxylic acids is 1. The summed E-state index contributed by atoms with van der Waals surface area (Å²) in [6.07, 6.45) is 2.21. The van der Waals surface area contributed by atoms with E-state index in [1.165, 1.54) is 0 Å². The number of nitrogens with one attached hydrogen (secondary N) is 1. The van der Waals surface area contributed by atoms with Crippen LogP contribution in [0.15, 0.2) is 0 Å². The van der Waals surface area contributed by atoms with Crippen molar-refractivity contribution in [2.75, 3.05) is 33.3 Å². The van der Waals surface area contributed by atoms with Gasteiger partial charge in [0.1, 0.15) is 0 Å². The molecule has 1 fully saturated rings. The molecule has 4 nitrogen and oxygen atoms in total. The molecule has 0 bridgehead atoms. The van der Waals surface area contributed by atoms with Crippen LogP contribution in [0.4, 0.5) is 0 Å². The van der Waals surface area contributed by atoms with Crippen LogP contribution in [0.5, 0.6) is 0 Å². The van der Waals surface area contributed by atoms with E-state index in [4.69, 9.17) is 4.74 Å². The minimum absolute atomic E-state index is 0.0644. The largest absolute Gasteiger partial charge is 0.374 e. The van der Waals surface area contributed by atoms with Gasteiger partial charge in [-0.3, -0.25) is 4.79 Å². The van der Waals surface area contributed by atoms with Crippen LogP contribution < -0.4 is 5.32 Å². The molecule has 4 heteroatoms. The molecule has 88 valence electrons. The minimum atomic E-state index is -0.0644. The van der Waals surface area contributed by atoms with Crippen LogP contribution in [0.3, 0.4) is 0 Å². The van der Waals surface area contributed by atoms with Gasteiger partial charge in [0.2, 0.25) is 5.91 Å². The smallest absolute Gasteiger partial charge is 0.236 e. The van der Waals surface area contributed by atoms with Gasteiger partial charge in [-0.05, 0) is 26.7 Å². The Labute approximate surface area is 92.0 Å². The van der Waals surface area contributed by atoms with Gasteiger partial charge in [0.15, 0.2) is 0 Å². The Hall–Kier alpha value is -0.610. The normalized spacial score (nSPS) is 25.5. The Morgan fingerprint density at radius 3 is 2.87 bits per heavy atom. The number of likely N-dealkylation sites (N-methyl/N-ethyl adjacent to an activating group) is 1. The zero-order chi connectivity index (χ0) is 11.3. The molecule has 15 heavy (non-hydrogen) atoms. The average molecular weight is 214 g/mol. The number of nitrogens with zero attached hydrogens (tertiary/aromatic N) is 1. The van der Waals surface area contributed by atoms with Gasteiger partial charge >= 0.3 is 0 Å². The van der Waals surface area contributed by atoms with E-state index in [1.807, 2.05) is 14.0 Å². The summed E-state index contributed by atoms with van der Waals surface area (Å²) >= 11 is 0. The van der Waals surface area contributed by atoms with Crippen LogP contribution in [0.1, 0.15) is 26.7 Å². The first-order valence-electron chi connectivity index (χ1n) is 5.66. The van der Waals surface area contributed by atoms with Crippen LogP contribution in [0, 0.1) is 0 Å². The van der Waals surface area contributed by atoms with E-state index >= 15 is 0 Å². The summed E-state index contributed by atoms with van der Waals surface area (Å²) < 4.78 is 5.62. The number of amides is 1. The van der Waals surface area contributed by atoms with Crippen molar-refractivity contribution in [1.29, 1.82) is 0 Å². The maximum atomic E-state index is 11.5. The summed E-state index contributed by atoms with van der Waals surface area (Å²) in [5.41, 5.74) is -0.0644. The predicted molar refractivity (Wildman–Crippen MR) is 59.8 cm³/mol. The molecule has 0 saturated carbocycles. The Bertz CT molecular complexity index is 213. The number of hydrogen-bond donors (Lipinski definition) is 1. The van der Waals surface area contributed by atoms with Crippen LogP contribution in [0.25, 0.3) is 0 Å². The van der Waals surface area contributed by atoms with E-state index < -0.39 is 0 Å². The molecule has 0 aliphatic carbocycles. The lowest BCUT2D eigenvalue weighted by molar-refractivity contribution is -0.128. The highest BCUT2D eigenvalue weighted by Gasteiger charge is 2.29. The zero-order valence-corrected chi connectivity index (χ0v) is 10.0. The van der Waals surface area contributed by atoms with Gasteiger partial charge in [0, 0.05) is 26.7 Å². The van der Waals surface area contributed by atoms with E-state index in [9.17, 15) is 4.79 Å². The van der Waals surface area contributed by atoms with Gasteiger partial charge in [-0.15, -0.1) is 0 Å². The average Bonchev–Trinajstić information content (AvgIpc) is 2.64. The molecular formula is C11H22N2O2. The van der Waals surface area contributed by atoms with Gasteiger partial charge in [0.05, 0.1) is 12.1 Å². The Balaban J connectivity index is 2.18. The molecule has 0 spiro atoms. The second kappa shape index (κ2) is 5.47. The van der Waals surface area contributed by atoms with Crippen LogP contribution >= 0.6 is 0 Å². The van der Waals surface area contributed by atoms with E-state index in [2.05, 4.69) is 12.2 Å². The van der Waals surface area contributed by atoms with Crippen LogP contribution in [-0.4, -0.2) is 49.7 Å². The Morgan fingerprint density at radius 1 is 1.60 bits per heavy atom. The van der Waals surface area contributed by atoms with Crippen molar-refractivity contribution in [3.63, 3.8) is 0 Å². The summed E-state index contributed by atoms with van der Waals surface area (Å²) in [5.74, 6) is 0.138. The minimum Gasteiger partial charge on any atom is -0.374 e. The summed E-state index contributed by atoms with van der Waals surface area (Å²) in [4.78, 5) is 13.2. The first-order chi connectivity index (χ1) is 7.07. The maximum Gasteiger partial charge on any atom is 0.236 e. The molecule has 1 saturated heterocycles. The third-order valence-electron chi connectivity index (χ3n) is 2.98. The van der Waals surface area contributed by atoms with E-state index in [0.717, 1.165) is 32.5 Å². The number of hydrogen-bond acceptors (Lipinski definition) is 3. The molecule has 1 aliphatic rings. The van der Waals surface area contributed by atoms with Crippen molar-refractivity contribution in [3.8, 4) is 0 Å². The summed E-state index contributed by atoms with van der Waals surface area (Å²) in [5, 5.41) is 3.17. The van der Waals surface area contributed by atoms with Gasteiger partial charge < -0.3 is 15.0 Å². The molecule has 1 heterocycles. The first kappa shape index (κ1) is 12.5. The van der Waals surface area contributed by atoms with Crippen molar-refractivity contribution >= 4 is 5.91 Å². The standard InChI is InChI=1S/C11H22N2O2/c1-4-13(3)10(14)8-12-9-11(2)6-5-7-15-11/h12H,4-9H2,1-3H3. The molecule has 1 atom stereocenters. The number of carbonyl (C=O) groups is 1. The molecular weight excluding hydrogens is 192 g/mol. The molecule has 1 N–H and O–H groups in total. The fourth-order valence-corrected chi connectivity index (χ4v) is 1.72. The fraction of sp³-hybridized carbons (Fsp3) is 0.909. The van der Waals surface area contributed by atoms with Crippen molar-refractivity contribution < 1.29 is 9.53 Å². The molecule has 1 unspecified atom stereocenters. The van der Waals surface area contributed by atoms with Crippen molar-refractivity contribution in [3.05, 3.63) is 0 Å². The molecule has 0 radical (unpaired) electrons. The molecule has 1 rings (SSSR count). The van der Waals surface area contributed by atoms with E-state index in [0.29, 0.717) is 6.54 Å². The second-order valence-electron chi connectivity index (χ2n) is 4.41. The lowest BCUT2D eigenvalue weighted by atomic mass is 10.0. The SMILES string of the molecule is CCN(C)C(=O)CNCC1(C)CCCO1. The summed E-state index contributed by atoms with van der Waals surface area (Å²) in [7, 11) is 1.82. The fourth-order valence-electron chi connectivity index (χ4n) is 1.72. The van der Waals surface area contributed by atoms with E-state index in [-0.39, 0.29) is 11.5 Å². The monoisotopic (exact) mass is 214 g/mol. The number of ether oxygens (including phenoxy) is 1. The third kappa shape index (κ3) is 3.80. The topological polar surface area (TPSA) is 41.6 Å². The van der Waals surface area contributed by atoms with E-state index in [1.54, 1.807) is 4.90 Å². The molecule has 1 amide bonds. The molecule has 1 aliphatic heterocycles. The highest BCUT2D eigenvalue weighted by atomic mass is 16.5. The van der Waals surface area contributed by atoms with Gasteiger partial charge in [-0.2, -0.15) is 0 Å². The van der Waals surface area contributed by atoms with Gasteiger partial charge in [-0.25, -0.2) is 0 Å². The van der Waals surface area contributed by atoms with Crippen LogP contribution in [0.2, 0.25) is 0 Å². The van der Waals surface area contributed by atoms with Crippen molar-refractivity contribution in [1.82, 2.24) is 10.2 Å². The molecule has 0 aromatic heterocycles. The third-order valence-corrected chi connectivity index (χ3v) is 2.98. The maximum absolute atomic E-state index is 11.5. The van der Waals surface area contributed by atoms with Gasteiger partial charge in [0.25, 0.3) is 0 Å². The molecule has 0 aromatic rings.